The van der Waals surface area contributed by atoms with Crippen LogP contribution in [0, 0.1) is 6.92 Å². The van der Waals surface area contributed by atoms with E-state index in [1.54, 1.807) is 0 Å². The zero-order chi connectivity index (χ0) is 22.9. The minimum Gasteiger partial charge on any atom is -0.384 e. The van der Waals surface area contributed by atoms with Gasteiger partial charge in [-0.05, 0) is 38.1 Å². The van der Waals surface area contributed by atoms with Gasteiger partial charge in [-0.3, -0.25) is 4.98 Å². The van der Waals surface area contributed by atoms with Crippen molar-refractivity contribution < 1.29 is 0 Å². The Bertz CT molecular complexity index is 1000. The van der Waals surface area contributed by atoms with Gasteiger partial charge in [-0.25, -0.2) is 4.98 Å². The molecular weight excluding hydrogens is 422 g/mol. The maximum Gasteiger partial charge on any atom is 0.226 e. The number of anilines is 3. The lowest BCUT2D eigenvalue weighted by Crippen LogP contribution is -2.44. The Morgan fingerprint density at radius 3 is 2.50 bits per heavy atom. The molecule has 0 atom stereocenters. The van der Waals surface area contributed by atoms with Crippen LogP contribution in [0.1, 0.15) is 25.8 Å². The number of nitrogens with one attached hydrogen (secondary N) is 2. The van der Waals surface area contributed by atoms with E-state index in [2.05, 4.69) is 67.6 Å². The Morgan fingerprint density at radius 1 is 0.969 bits per heavy atom. The summed E-state index contributed by atoms with van der Waals surface area (Å²) in [7, 11) is 2.14. The molecule has 0 spiro atoms. The summed E-state index contributed by atoms with van der Waals surface area (Å²) in [6, 6.07) is 10.2. The normalized spacial score (nSPS) is 14.1. The van der Waals surface area contributed by atoms with E-state index in [0.717, 1.165) is 68.1 Å². The Balaban J connectivity index is 0.00000141. The second-order valence-electron chi connectivity index (χ2n) is 7.75. The maximum absolute atomic E-state index is 6.24. The Hall–Kier alpha value is -2.64. The number of hydrogen-bond acceptors (Lipinski definition) is 7. The van der Waals surface area contributed by atoms with Crippen molar-refractivity contribution in [3.8, 4) is 0 Å². The minimum atomic E-state index is 0.470. The van der Waals surface area contributed by atoms with Crippen LogP contribution in [0.4, 0.5) is 17.5 Å². The third-order valence-corrected chi connectivity index (χ3v) is 5.55. The van der Waals surface area contributed by atoms with Gasteiger partial charge in [-0.2, -0.15) is 4.98 Å². The molecule has 1 aliphatic rings. The number of benzene rings is 1. The lowest BCUT2D eigenvalue weighted by Gasteiger charge is -2.33. The van der Waals surface area contributed by atoms with E-state index in [1.165, 1.54) is 5.56 Å². The number of halogens is 1. The van der Waals surface area contributed by atoms with Crippen molar-refractivity contribution in [3.05, 3.63) is 47.2 Å². The van der Waals surface area contributed by atoms with Crippen LogP contribution in [0.15, 0.2) is 36.5 Å². The molecule has 0 aliphatic carbocycles. The number of piperazine rings is 1. The van der Waals surface area contributed by atoms with Crippen molar-refractivity contribution >= 4 is 40.0 Å². The summed E-state index contributed by atoms with van der Waals surface area (Å²) >= 11 is 6.24. The summed E-state index contributed by atoms with van der Waals surface area (Å²) in [5.74, 6) is 1.48. The predicted molar refractivity (Wildman–Crippen MR) is 136 cm³/mol. The first kappa shape index (κ1) is 24.0. The van der Waals surface area contributed by atoms with Crippen LogP contribution in [-0.2, 0) is 0 Å². The number of aryl methyl sites for hydroxylation is 1. The second kappa shape index (κ2) is 11.8. The van der Waals surface area contributed by atoms with Crippen molar-refractivity contribution in [1.29, 1.82) is 0 Å². The van der Waals surface area contributed by atoms with Gasteiger partial charge < -0.3 is 20.4 Å². The van der Waals surface area contributed by atoms with Gasteiger partial charge in [0.1, 0.15) is 11.0 Å². The van der Waals surface area contributed by atoms with E-state index in [4.69, 9.17) is 11.6 Å². The molecule has 0 unspecified atom stereocenters. The van der Waals surface area contributed by atoms with Crippen molar-refractivity contribution in [2.75, 3.05) is 61.8 Å². The molecule has 2 N–H and O–H groups in total. The molecule has 4 rings (SSSR count). The molecular formula is C24H34ClN7. The first-order valence-corrected chi connectivity index (χ1v) is 11.8. The van der Waals surface area contributed by atoms with Crippen LogP contribution in [0.2, 0.25) is 5.15 Å². The van der Waals surface area contributed by atoms with Crippen LogP contribution in [-0.4, -0.2) is 66.2 Å². The molecule has 0 radical (unpaired) electrons. The van der Waals surface area contributed by atoms with E-state index in [0.29, 0.717) is 11.1 Å². The number of nitrogens with zero attached hydrogens (tertiary/aromatic N) is 5. The SMILES string of the molecule is CC.Cc1ccc2c(NCCCNc3nc(Cl)cc(N4CCN(C)CC4)n3)ccnc2c1. The van der Waals surface area contributed by atoms with E-state index >= 15 is 0 Å². The highest BCUT2D eigenvalue weighted by Gasteiger charge is 2.16. The topological polar surface area (TPSA) is 69.2 Å². The molecule has 172 valence electrons. The smallest absolute Gasteiger partial charge is 0.226 e. The fourth-order valence-electron chi connectivity index (χ4n) is 3.61. The standard InChI is InChI=1S/C22H28ClN7.C2H6/c1-16-4-5-17-18(6-9-25-19(17)14-16)24-7-3-8-26-22-27-20(23)15-21(28-22)30-12-10-29(2)11-13-30;1-2/h4-6,9,14-15H,3,7-8,10-13H2,1-2H3,(H,24,25)(H,26,27,28);1-2H3. The lowest BCUT2D eigenvalue weighted by atomic mass is 10.1. The van der Waals surface area contributed by atoms with E-state index in [9.17, 15) is 0 Å². The van der Waals surface area contributed by atoms with Crippen LogP contribution in [0.25, 0.3) is 10.9 Å². The first-order valence-electron chi connectivity index (χ1n) is 11.4. The van der Waals surface area contributed by atoms with Gasteiger partial charge in [-0.15, -0.1) is 0 Å². The summed E-state index contributed by atoms with van der Waals surface area (Å²) < 4.78 is 0. The molecule has 1 aromatic carbocycles. The highest BCUT2D eigenvalue weighted by Crippen LogP contribution is 2.22. The van der Waals surface area contributed by atoms with Gasteiger partial charge in [0.15, 0.2) is 0 Å². The van der Waals surface area contributed by atoms with Gasteiger partial charge in [0.2, 0.25) is 5.95 Å². The molecule has 1 saturated heterocycles. The largest absolute Gasteiger partial charge is 0.384 e. The molecule has 1 aliphatic heterocycles. The molecule has 8 heteroatoms. The summed E-state index contributed by atoms with van der Waals surface area (Å²) in [5.41, 5.74) is 3.34. The average Bonchev–Trinajstić information content (AvgIpc) is 2.80. The average molecular weight is 456 g/mol. The highest BCUT2D eigenvalue weighted by atomic mass is 35.5. The molecule has 3 aromatic rings. The van der Waals surface area contributed by atoms with Crippen LogP contribution in [0.3, 0.4) is 0 Å². The van der Waals surface area contributed by atoms with Crippen molar-refractivity contribution in [2.24, 2.45) is 0 Å². The summed E-state index contributed by atoms with van der Waals surface area (Å²) in [6.07, 6.45) is 2.78. The minimum absolute atomic E-state index is 0.470. The van der Waals surface area contributed by atoms with Gasteiger partial charge in [0, 0.05) is 62.6 Å². The summed E-state index contributed by atoms with van der Waals surface area (Å²) in [5, 5.41) is 8.44. The van der Waals surface area contributed by atoms with Crippen molar-refractivity contribution in [1.82, 2.24) is 19.9 Å². The van der Waals surface area contributed by atoms with Crippen molar-refractivity contribution in [2.45, 2.75) is 27.2 Å². The molecule has 0 bridgehead atoms. The quantitative estimate of drug-likeness (QED) is 0.396. The van der Waals surface area contributed by atoms with Gasteiger partial charge >= 0.3 is 0 Å². The van der Waals surface area contributed by atoms with E-state index in [1.807, 2.05) is 32.2 Å². The van der Waals surface area contributed by atoms with Crippen LogP contribution in [0.5, 0.6) is 0 Å². The maximum atomic E-state index is 6.24. The zero-order valence-corrected chi connectivity index (χ0v) is 20.3. The lowest BCUT2D eigenvalue weighted by molar-refractivity contribution is 0.312. The molecule has 0 saturated carbocycles. The Kier molecular flexibility index (Phi) is 8.88. The fourth-order valence-corrected chi connectivity index (χ4v) is 3.78. The van der Waals surface area contributed by atoms with Gasteiger partial charge in [0.25, 0.3) is 0 Å². The second-order valence-corrected chi connectivity index (χ2v) is 8.14. The third-order valence-electron chi connectivity index (χ3n) is 5.36. The van der Waals surface area contributed by atoms with Crippen molar-refractivity contribution in [3.63, 3.8) is 0 Å². The number of likely N-dealkylation sites (N-methyl/N-ethyl adjacent to an activating group) is 1. The Labute approximate surface area is 196 Å². The first-order chi connectivity index (χ1) is 15.6. The number of fused-ring (bicyclic) bond motifs is 1. The predicted octanol–water partition coefficient (Wildman–Crippen LogP) is 4.68. The zero-order valence-electron chi connectivity index (χ0n) is 19.5. The molecule has 7 nitrogen and oxygen atoms in total. The molecule has 1 fully saturated rings. The molecule has 0 amide bonds. The number of rotatable bonds is 7. The van der Waals surface area contributed by atoms with E-state index in [-0.39, 0.29) is 0 Å². The van der Waals surface area contributed by atoms with Crippen LogP contribution >= 0.6 is 11.6 Å². The summed E-state index contributed by atoms with van der Waals surface area (Å²) in [4.78, 5) is 18.0. The molecule has 32 heavy (non-hydrogen) atoms. The number of aromatic nitrogens is 3. The summed E-state index contributed by atoms with van der Waals surface area (Å²) in [6.45, 7) is 11.6. The monoisotopic (exact) mass is 455 g/mol. The number of hydrogen-bond donors (Lipinski definition) is 2. The van der Waals surface area contributed by atoms with E-state index < -0.39 is 0 Å². The Morgan fingerprint density at radius 2 is 1.72 bits per heavy atom. The third kappa shape index (κ3) is 6.43. The highest BCUT2D eigenvalue weighted by molar-refractivity contribution is 6.29. The van der Waals surface area contributed by atoms with Gasteiger partial charge in [-0.1, -0.05) is 37.6 Å². The fraction of sp³-hybridized carbons (Fsp3) is 0.458. The molecule has 2 aromatic heterocycles. The van der Waals surface area contributed by atoms with Gasteiger partial charge in [0.05, 0.1) is 5.52 Å². The number of pyridine rings is 1. The van der Waals surface area contributed by atoms with Crippen LogP contribution < -0.4 is 15.5 Å². The molecule has 3 heterocycles.